The van der Waals surface area contributed by atoms with Crippen molar-refractivity contribution in [2.75, 3.05) is 19.6 Å². The Balaban J connectivity index is 1.37. The number of carbonyl (C=O) groups is 2. The highest BCUT2D eigenvalue weighted by Gasteiger charge is 2.24. The zero-order valence-corrected chi connectivity index (χ0v) is 24.2. The molecule has 2 aliphatic rings. The van der Waals surface area contributed by atoms with Gasteiger partial charge in [0.25, 0.3) is 17.4 Å². The Labute approximate surface area is 246 Å². The second-order valence-electron chi connectivity index (χ2n) is 11.6. The molecule has 0 unspecified atom stereocenters. The molecule has 4 aromatic rings. The summed E-state index contributed by atoms with van der Waals surface area (Å²) in [4.78, 5) is 42.5. The van der Waals surface area contributed by atoms with Crippen molar-refractivity contribution in [2.45, 2.75) is 58.2 Å². The molecule has 2 heterocycles. The van der Waals surface area contributed by atoms with Crippen LogP contribution in [0.25, 0.3) is 21.9 Å². The molecule has 1 aliphatic heterocycles. The van der Waals surface area contributed by atoms with Gasteiger partial charge in [-0.25, -0.2) is 0 Å². The van der Waals surface area contributed by atoms with Crippen LogP contribution in [-0.2, 0) is 13.1 Å². The highest BCUT2D eigenvalue weighted by atomic mass is 16.2. The molecule has 1 aliphatic carbocycles. The summed E-state index contributed by atoms with van der Waals surface area (Å²) >= 11 is 0. The third-order valence-electron chi connectivity index (χ3n) is 8.46. The minimum atomic E-state index is -0.220. The van der Waals surface area contributed by atoms with E-state index in [4.69, 9.17) is 0 Å². The summed E-state index contributed by atoms with van der Waals surface area (Å²) < 4.78 is 1.70. The first-order chi connectivity index (χ1) is 20.5. The van der Waals surface area contributed by atoms with Gasteiger partial charge in [-0.3, -0.25) is 14.4 Å². The number of piperidine rings is 1. The molecule has 6 rings (SSSR count). The second-order valence-corrected chi connectivity index (χ2v) is 11.6. The van der Waals surface area contributed by atoms with Gasteiger partial charge in [0.15, 0.2) is 0 Å². The van der Waals surface area contributed by atoms with Crippen LogP contribution in [0.5, 0.6) is 0 Å². The van der Waals surface area contributed by atoms with Crippen LogP contribution in [0.2, 0.25) is 0 Å². The molecule has 7 nitrogen and oxygen atoms in total. The fraction of sp³-hybridized carbons (Fsp3) is 0.343. The van der Waals surface area contributed by atoms with E-state index < -0.39 is 0 Å². The van der Waals surface area contributed by atoms with Gasteiger partial charge < -0.3 is 20.1 Å². The Morgan fingerprint density at radius 1 is 0.857 bits per heavy atom. The smallest absolute Gasteiger partial charge is 0.258 e. The molecule has 0 radical (unpaired) electrons. The fourth-order valence-corrected chi connectivity index (χ4v) is 5.78. The summed E-state index contributed by atoms with van der Waals surface area (Å²) in [6, 6.07) is 21.5. The average Bonchev–Trinajstić information content (AvgIpc) is 3.84. The Kier molecular flexibility index (Phi) is 8.20. The van der Waals surface area contributed by atoms with E-state index in [1.54, 1.807) is 10.8 Å². The normalized spacial score (nSPS) is 15.5. The number of fused-ring (bicyclic) bond motifs is 1. The zero-order valence-electron chi connectivity index (χ0n) is 24.2. The van der Waals surface area contributed by atoms with Crippen LogP contribution in [0.15, 0.2) is 77.7 Å². The predicted molar refractivity (Wildman–Crippen MR) is 167 cm³/mol. The van der Waals surface area contributed by atoms with E-state index in [9.17, 15) is 14.4 Å². The van der Waals surface area contributed by atoms with Gasteiger partial charge in [-0.05, 0) is 92.2 Å². The maximum absolute atomic E-state index is 13.7. The van der Waals surface area contributed by atoms with Crippen LogP contribution < -0.4 is 16.2 Å². The van der Waals surface area contributed by atoms with Crippen molar-refractivity contribution in [1.82, 2.24) is 20.1 Å². The number of nitrogens with zero attached hydrogens (tertiary/aromatic N) is 2. The topological polar surface area (TPSA) is 83.4 Å². The van der Waals surface area contributed by atoms with Gasteiger partial charge >= 0.3 is 0 Å². The van der Waals surface area contributed by atoms with Crippen LogP contribution in [-0.4, -0.2) is 47.0 Å². The number of amides is 2. The molecule has 3 aromatic carbocycles. The van der Waals surface area contributed by atoms with Gasteiger partial charge in [0.05, 0.1) is 5.56 Å². The first-order valence-electron chi connectivity index (χ1n) is 15.1. The lowest BCUT2D eigenvalue weighted by Gasteiger charge is -2.26. The van der Waals surface area contributed by atoms with E-state index in [0.717, 1.165) is 54.7 Å². The monoisotopic (exact) mass is 562 g/mol. The largest absolute Gasteiger partial charge is 0.349 e. The standard InChI is InChI=1S/C35H38N4O3/c1-24-10-11-27(33(40)37-28-13-14-28)21-30(24)26-12-15-29-31(20-26)32(34(41)36-22-25-8-4-2-5-9-25)23-39(35(29)42)19-18-38-16-6-3-7-17-38/h2,4-5,8-12,15,20-21,23,28H,3,6-7,13-14,16-19,22H2,1H3,(H,36,41)(H,37,40). The minimum absolute atomic E-state index is 0.0721. The van der Waals surface area contributed by atoms with Gasteiger partial charge in [-0.2, -0.15) is 0 Å². The van der Waals surface area contributed by atoms with Crippen LogP contribution >= 0.6 is 0 Å². The number of carbonyl (C=O) groups excluding carboxylic acids is 2. The van der Waals surface area contributed by atoms with Crippen molar-refractivity contribution in [3.05, 3.63) is 106 Å². The summed E-state index contributed by atoms with van der Waals surface area (Å²) in [5.41, 5.74) is 4.78. The van der Waals surface area contributed by atoms with E-state index >= 15 is 0 Å². The SMILES string of the molecule is Cc1ccc(C(=O)NC2CC2)cc1-c1ccc2c(=O)n(CCN3CCCCC3)cc(C(=O)NCc3ccccc3)c2c1. The van der Waals surface area contributed by atoms with Crippen LogP contribution in [0, 0.1) is 6.92 Å². The lowest BCUT2D eigenvalue weighted by molar-refractivity contribution is 0.0943. The predicted octanol–water partition coefficient (Wildman–Crippen LogP) is 5.29. The van der Waals surface area contributed by atoms with Crippen molar-refractivity contribution in [3.8, 4) is 11.1 Å². The number of hydrogen-bond acceptors (Lipinski definition) is 4. The molecule has 0 bridgehead atoms. The second kappa shape index (κ2) is 12.3. The molecule has 42 heavy (non-hydrogen) atoms. The maximum Gasteiger partial charge on any atom is 0.258 e. The summed E-state index contributed by atoms with van der Waals surface area (Å²) in [7, 11) is 0. The number of benzene rings is 3. The van der Waals surface area contributed by atoms with Crippen molar-refractivity contribution >= 4 is 22.6 Å². The highest BCUT2D eigenvalue weighted by molar-refractivity contribution is 6.07. The molecular weight excluding hydrogens is 524 g/mol. The first kappa shape index (κ1) is 27.9. The van der Waals surface area contributed by atoms with Crippen molar-refractivity contribution in [2.24, 2.45) is 0 Å². The molecular formula is C35H38N4O3. The number of likely N-dealkylation sites (tertiary alicyclic amines) is 1. The minimum Gasteiger partial charge on any atom is -0.349 e. The fourth-order valence-electron chi connectivity index (χ4n) is 5.78. The van der Waals surface area contributed by atoms with Gasteiger partial charge in [0.2, 0.25) is 0 Å². The summed E-state index contributed by atoms with van der Waals surface area (Å²) in [5, 5.41) is 7.25. The van der Waals surface area contributed by atoms with E-state index in [-0.39, 0.29) is 23.4 Å². The molecule has 2 fully saturated rings. The van der Waals surface area contributed by atoms with Crippen LogP contribution in [0.4, 0.5) is 0 Å². The van der Waals surface area contributed by atoms with E-state index in [1.165, 1.54) is 19.3 Å². The van der Waals surface area contributed by atoms with Gasteiger partial charge in [0.1, 0.15) is 0 Å². The number of rotatable bonds is 9. The number of pyridine rings is 1. The number of hydrogen-bond donors (Lipinski definition) is 2. The molecule has 0 atom stereocenters. The number of aryl methyl sites for hydroxylation is 1. The third-order valence-corrected chi connectivity index (χ3v) is 8.46. The Bertz CT molecular complexity index is 1670. The van der Waals surface area contributed by atoms with Crippen LogP contribution in [0.1, 0.15) is 63.9 Å². The lowest BCUT2D eigenvalue weighted by atomic mass is 9.94. The molecule has 1 saturated carbocycles. The summed E-state index contributed by atoms with van der Waals surface area (Å²) in [6.07, 6.45) is 7.41. The van der Waals surface area contributed by atoms with E-state index in [1.807, 2.05) is 73.7 Å². The molecule has 2 N–H and O–H groups in total. The molecule has 2 amide bonds. The molecule has 1 aromatic heterocycles. The first-order valence-corrected chi connectivity index (χ1v) is 15.1. The maximum atomic E-state index is 13.7. The molecule has 216 valence electrons. The quantitative estimate of drug-likeness (QED) is 0.291. The van der Waals surface area contributed by atoms with E-state index in [2.05, 4.69) is 15.5 Å². The molecule has 7 heteroatoms. The summed E-state index contributed by atoms with van der Waals surface area (Å²) in [6.45, 7) is 5.82. The highest BCUT2D eigenvalue weighted by Crippen LogP contribution is 2.29. The van der Waals surface area contributed by atoms with Crippen LogP contribution in [0.3, 0.4) is 0 Å². The van der Waals surface area contributed by atoms with Crippen molar-refractivity contribution < 1.29 is 9.59 Å². The van der Waals surface area contributed by atoms with Gasteiger partial charge in [0, 0.05) is 48.2 Å². The average molecular weight is 563 g/mol. The lowest BCUT2D eigenvalue weighted by Crippen LogP contribution is -2.35. The van der Waals surface area contributed by atoms with Crippen molar-refractivity contribution in [1.29, 1.82) is 0 Å². The third kappa shape index (κ3) is 6.31. The molecule has 0 spiro atoms. The zero-order chi connectivity index (χ0) is 29.1. The number of nitrogens with one attached hydrogen (secondary N) is 2. The molecule has 1 saturated heterocycles. The Morgan fingerprint density at radius 2 is 1.64 bits per heavy atom. The van der Waals surface area contributed by atoms with Gasteiger partial charge in [-0.1, -0.05) is 48.9 Å². The number of aromatic nitrogens is 1. The Hall–Kier alpha value is -4.23. The van der Waals surface area contributed by atoms with Crippen molar-refractivity contribution in [3.63, 3.8) is 0 Å². The van der Waals surface area contributed by atoms with Gasteiger partial charge in [-0.15, -0.1) is 0 Å². The Morgan fingerprint density at radius 3 is 2.40 bits per heavy atom. The summed E-state index contributed by atoms with van der Waals surface area (Å²) in [5.74, 6) is -0.292. The van der Waals surface area contributed by atoms with E-state index in [0.29, 0.717) is 35.0 Å².